The standard InChI is InChI=1S/C17H21N3O.CH5N.H2/c1-10-3-4-13(5-14(10)15(19)9-18)20-16(21)11(2)17-6-12(7-17)8-17;1-2;/h3-5,9,11-12,18-19H,6-8H2,1-2H3,(H,20,21);2H2,1H3;1H. The molecule has 0 aromatic heterocycles. The Morgan fingerprint density at radius 3 is 2.52 bits per heavy atom. The Hall–Kier alpha value is -2.01. The lowest BCUT2D eigenvalue weighted by Crippen LogP contribution is -2.58. The van der Waals surface area contributed by atoms with Gasteiger partial charge in [-0.3, -0.25) is 10.2 Å². The number of anilines is 1. The molecular formula is C18H28N4O. The van der Waals surface area contributed by atoms with Crippen molar-refractivity contribution in [2.75, 3.05) is 12.4 Å². The molecule has 1 aromatic rings. The summed E-state index contributed by atoms with van der Waals surface area (Å²) in [4.78, 5) is 12.4. The Morgan fingerprint density at radius 1 is 1.43 bits per heavy atom. The second kappa shape index (κ2) is 6.62. The van der Waals surface area contributed by atoms with E-state index in [9.17, 15) is 4.79 Å². The van der Waals surface area contributed by atoms with Crippen LogP contribution in [0.25, 0.3) is 0 Å². The second-order valence-electron chi connectivity index (χ2n) is 6.64. The summed E-state index contributed by atoms with van der Waals surface area (Å²) < 4.78 is 0. The van der Waals surface area contributed by atoms with E-state index in [0.29, 0.717) is 11.3 Å². The van der Waals surface area contributed by atoms with Crippen LogP contribution < -0.4 is 11.1 Å². The van der Waals surface area contributed by atoms with E-state index in [-0.39, 0.29) is 24.4 Å². The topological polar surface area (TPSA) is 103 Å². The first-order valence-corrected chi connectivity index (χ1v) is 8.04. The molecule has 3 saturated carbocycles. The number of amides is 1. The van der Waals surface area contributed by atoms with Gasteiger partial charge >= 0.3 is 0 Å². The van der Waals surface area contributed by atoms with Gasteiger partial charge in [0.05, 0.1) is 5.71 Å². The Kier molecular flexibility index (Phi) is 5.00. The van der Waals surface area contributed by atoms with Crippen molar-refractivity contribution in [2.45, 2.75) is 33.1 Å². The van der Waals surface area contributed by atoms with Gasteiger partial charge in [0.1, 0.15) is 0 Å². The van der Waals surface area contributed by atoms with Gasteiger partial charge in [0.15, 0.2) is 0 Å². The lowest BCUT2D eigenvalue weighted by molar-refractivity contribution is -0.161. The predicted octanol–water partition coefficient (Wildman–Crippen LogP) is 3.21. The summed E-state index contributed by atoms with van der Waals surface area (Å²) >= 11 is 0. The minimum absolute atomic E-state index is 0. The molecule has 126 valence electrons. The van der Waals surface area contributed by atoms with E-state index in [1.165, 1.54) is 26.3 Å². The quantitative estimate of drug-likeness (QED) is 0.627. The summed E-state index contributed by atoms with van der Waals surface area (Å²) in [5.74, 6) is 0.998. The number of nitrogens with one attached hydrogen (secondary N) is 3. The zero-order valence-electron chi connectivity index (χ0n) is 14.1. The maximum Gasteiger partial charge on any atom is 0.227 e. The number of benzene rings is 1. The molecule has 0 aliphatic heterocycles. The summed E-state index contributed by atoms with van der Waals surface area (Å²) in [5, 5.41) is 18.0. The van der Waals surface area contributed by atoms with Gasteiger partial charge in [-0.05, 0) is 62.3 Å². The van der Waals surface area contributed by atoms with E-state index in [1.54, 1.807) is 6.07 Å². The Morgan fingerprint density at radius 2 is 2.04 bits per heavy atom. The first-order valence-electron chi connectivity index (χ1n) is 8.04. The van der Waals surface area contributed by atoms with Crippen molar-refractivity contribution >= 4 is 23.5 Å². The van der Waals surface area contributed by atoms with Crippen LogP contribution in [0, 0.1) is 35.0 Å². The molecular weight excluding hydrogens is 288 g/mol. The number of rotatable bonds is 5. The third kappa shape index (κ3) is 3.06. The lowest BCUT2D eigenvalue weighted by Gasteiger charge is -2.64. The van der Waals surface area contributed by atoms with Gasteiger partial charge in [0, 0.05) is 24.8 Å². The van der Waals surface area contributed by atoms with Gasteiger partial charge < -0.3 is 16.5 Å². The number of hydrogen-bond acceptors (Lipinski definition) is 4. The zero-order valence-corrected chi connectivity index (χ0v) is 14.1. The summed E-state index contributed by atoms with van der Waals surface area (Å²) in [6.45, 7) is 3.93. The van der Waals surface area contributed by atoms with E-state index < -0.39 is 0 Å². The van der Waals surface area contributed by atoms with Crippen molar-refractivity contribution in [3.05, 3.63) is 29.3 Å². The molecule has 1 atom stereocenters. The first kappa shape index (κ1) is 17.3. The van der Waals surface area contributed by atoms with Crippen LogP contribution in [-0.4, -0.2) is 24.9 Å². The van der Waals surface area contributed by atoms with Crippen LogP contribution >= 0.6 is 0 Å². The third-order valence-electron chi connectivity index (χ3n) is 5.34. The molecule has 5 N–H and O–H groups in total. The van der Waals surface area contributed by atoms with Gasteiger partial charge in [-0.25, -0.2) is 0 Å². The van der Waals surface area contributed by atoms with Crippen LogP contribution in [0.15, 0.2) is 18.2 Å². The Bertz CT molecular complexity index is 627. The molecule has 0 spiro atoms. The highest BCUT2D eigenvalue weighted by Crippen LogP contribution is 2.68. The number of carbonyl (C=O) groups is 1. The molecule has 1 amide bonds. The Balaban J connectivity index is 0.000000925. The monoisotopic (exact) mass is 316 g/mol. The van der Waals surface area contributed by atoms with Gasteiger partial charge in [0.25, 0.3) is 0 Å². The number of aryl methyl sites for hydroxylation is 1. The van der Waals surface area contributed by atoms with E-state index in [0.717, 1.165) is 17.7 Å². The van der Waals surface area contributed by atoms with Crippen molar-refractivity contribution in [2.24, 2.45) is 23.0 Å². The number of hydrogen-bond donors (Lipinski definition) is 4. The smallest absolute Gasteiger partial charge is 0.227 e. The molecule has 23 heavy (non-hydrogen) atoms. The SMILES string of the molecule is CN.Cc1ccc(NC(=O)C(C)C23CC(C2)C3)cc1C(=N)C=N.[HH]. The van der Waals surface area contributed by atoms with Crippen molar-refractivity contribution < 1.29 is 6.22 Å². The molecule has 5 nitrogen and oxygen atoms in total. The predicted molar refractivity (Wildman–Crippen MR) is 96.6 cm³/mol. The summed E-state index contributed by atoms with van der Waals surface area (Å²) in [6.07, 6.45) is 4.65. The molecule has 3 fully saturated rings. The summed E-state index contributed by atoms with van der Waals surface area (Å²) in [6, 6.07) is 5.53. The van der Waals surface area contributed by atoms with Crippen molar-refractivity contribution in [3.63, 3.8) is 0 Å². The van der Waals surface area contributed by atoms with Crippen LogP contribution in [0.5, 0.6) is 0 Å². The molecule has 3 aliphatic carbocycles. The molecule has 0 heterocycles. The number of carbonyl (C=O) groups excluding carboxylic acids is 1. The molecule has 1 aromatic carbocycles. The first-order chi connectivity index (χ1) is 10.9. The molecule has 0 saturated heterocycles. The van der Waals surface area contributed by atoms with Gasteiger partial charge in [-0.2, -0.15) is 0 Å². The highest BCUT2D eigenvalue weighted by Gasteiger charge is 2.60. The maximum absolute atomic E-state index is 12.4. The molecule has 1 unspecified atom stereocenters. The molecule has 2 bridgehead atoms. The average molecular weight is 316 g/mol. The van der Waals surface area contributed by atoms with Crippen LogP contribution in [0.4, 0.5) is 5.69 Å². The van der Waals surface area contributed by atoms with Crippen LogP contribution in [0.3, 0.4) is 0 Å². The van der Waals surface area contributed by atoms with E-state index in [2.05, 4.69) is 11.1 Å². The average Bonchev–Trinajstić information content (AvgIpc) is 2.47. The van der Waals surface area contributed by atoms with Crippen LogP contribution in [0.1, 0.15) is 38.7 Å². The summed E-state index contributed by atoms with van der Waals surface area (Å²) in [5.41, 5.74) is 7.28. The van der Waals surface area contributed by atoms with E-state index >= 15 is 0 Å². The molecule has 4 rings (SSSR count). The minimum atomic E-state index is 0. The largest absolute Gasteiger partial charge is 0.333 e. The maximum atomic E-state index is 12.4. The number of nitrogens with two attached hydrogens (primary N) is 1. The normalized spacial score (nSPS) is 25.0. The molecule has 3 aliphatic rings. The van der Waals surface area contributed by atoms with Crippen LogP contribution in [0.2, 0.25) is 0 Å². The highest BCUT2D eigenvalue weighted by molar-refractivity contribution is 6.36. The minimum Gasteiger partial charge on any atom is -0.333 e. The fraction of sp³-hybridized carbons (Fsp3) is 0.500. The van der Waals surface area contributed by atoms with Gasteiger partial charge in [-0.15, -0.1) is 0 Å². The van der Waals surface area contributed by atoms with Gasteiger partial charge in [0.2, 0.25) is 5.91 Å². The molecule has 5 heteroatoms. The van der Waals surface area contributed by atoms with Crippen molar-refractivity contribution in [1.29, 1.82) is 10.8 Å². The lowest BCUT2D eigenvalue weighted by atomic mass is 9.40. The summed E-state index contributed by atoms with van der Waals surface area (Å²) in [7, 11) is 1.50. The van der Waals surface area contributed by atoms with Crippen molar-refractivity contribution in [3.8, 4) is 0 Å². The van der Waals surface area contributed by atoms with Crippen molar-refractivity contribution in [1.82, 2.24) is 0 Å². The van der Waals surface area contributed by atoms with E-state index in [4.69, 9.17) is 10.8 Å². The highest BCUT2D eigenvalue weighted by atomic mass is 16.1. The van der Waals surface area contributed by atoms with E-state index in [1.807, 2.05) is 26.0 Å². The van der Waals surface area contributed by atoms with Gasteiger partial charge in [-0.1, -0.05) is 13.0 Å². The molecule has 0 radical (unpaired) electrons. The zero-order chi connectivity index (χ0) is 17.2. The fourth-order valence-electron chi connectivity index (χ4n) is 3.67. The Labute approximate surface area is 139 Å². The second-order valence-corrected chi connectivity index (χ2v) is 6.64. The fourth-order valence-corrected chi connectivity index (χ4v) is 3.67. The third-order valence-corrected chi connectivity index (χ3v) is 5.34. The van der Waals surface area contributed by atoms with Crippen LogP contribution in [-0.2, 0) is 4.79 Å².